The first-order valence-electron chi connectivity index (χ1n) is 8.15. The smallest absolute Gasteiger partial charge is 0.265 e. The van der Waals surface area contributed by atoms with Crippen LogP contribution >= 0.6 is 11.3 Å². The Balaban J connectivity index is 1.79. The summed E-state index contributed by atoms with van der Waals surface area (Å²) in [6.45, 7) is 9.38. The minimum Gasteiger partial charge on any atom is -0.336 e. The number of piperidine rings is 1. The van der Waals surface area contributed by atoms with Crippen molar-refractivity contribution in [3.63, 3.8) is 0 Å². The van der Waals surface area contributed by atoms with E-state index in [0.717, 1.165) is 53.0 Å². The average Bonchev–Trinajstić information content (AvgIpc) is 3.08. The fourth-order valence-corrected chi connectivity index (χ4v) is 4.14. The van der Waals surface area contributed by atoms with Crippen LogP contribution < -0.4 is 0 Å². The van der Waals surface area contributed by atoms with E-state index < -0.39 is 0 Å². The molecule has 124 valence electrons. The second-order valence-corrected chi connectivity index (χ2v) is 7.16. The van der Waals surface area contributed by atoms with Gasteiger partial charge < -0.3 is 4.90 Å². The maximum atomic E-state index is 12.9. The molecule has 3 rings (SSSR count). The van der Waals surface area contributed by atoms with E-state index in [0.29, 0.717) is 6.54 Å². The Morgan fingerprint density at radius 1 is 1.30 bits per heavy atom. The second-order valence-electron chi connectivity index (χ2n) is 6.07. The van der Waals surface area contributed by atoms with E-state index in [1.165, 1.54) is 11.3 Å². The summed E-state index contributed by atoms with van der Waals surface area (Å²) in [5.74, 6) is 1.82. The molecule has 23 heavy (non-hydrogen) atoms. The molecule has 2 aromatic heterocycles. The van der Waals surface area contributed by atoms with Gasteiger partial charge in [0.1, 0.15) is 16.5 Å². The van der Waals surface area contributed by atoms with Gasteiger partial charge in [0, 0.05) is 13.1 Å². The number of thiazole rings is 1. The Morgan fingerprint density at radius 2 is 2.09 bits per heavy atom. The van der Waals surface area contributed by atoms with Crippen LogP contribution in [0.2, 0.25) is 0 Å². The molecule has 1 fully saturated rings. The molecule has 1 aliphatic heterocycles. The first-order valence-corrected chi connectivity index (χ1v) is 8.96. The monoisotopic (exact) mass is 333 g/mol. The number of nitrogens with zero attached hydrogens (tertiary/aromatic N) is 5. The van der Waals surface area contributed by atoms with Crippen LogP contribution in [0.5, 0.6) is 0 Å². The van der Waals surface area contributed by atoms with Crippen LogP contribution in [0.4, 0.5) is 0 Å². The van der Waals surface area contributed by atoms with Gasteiger partial charge in [-0.1, -0.05) is 6.92 Å². The lowest BCUT2D eigenvalue weighted by molar-refractivity contribution is 0.0675. The first-order chi connectivity index (χ1) is 11.0. The van der Waals surface area contributed by atoms with Crippen molar-refractivity contribution in [2.45, 2.75) is 53.0 Å². The molecule has 0 spiro atoms. The third kappa shape index (κ3) is 3.15. The van der Waals surface area contributed by atoms with Crippen molar-refractivity contribution in [2.75, 3.05) is 13.1 Å². The Hall–Kier alpha value is -1.76. The molecular formula is C16H23N5OS. The van der Waals surface area contributed by atoms with Gasteiger partial charge in [-0.3, -0.25) is 4.79 Å². The van der Waals surface area contributed by atoms with Crippen LogP contribution in [-0.2, 0) is 6.42 Å². The topological polar surface area (TPSA) is 63.9 Å². The number of aryl methyl sites for hydroxylation is 4. The quantitative estimate of drug-likeness (QED) is 0.866. The van der Waals surface area contributed by atoms with E-state index >= 15 is 0 Å². The number of rotatable bonds is 3. The molecule has 1 saturated heterocycles. The fraction of sp³-hybridized carbons (Fsp3) is 0.625. The number of carbonyl (C=O) groups excluding carboxylic acids is 1. The Morgan fingerprint density at radius 3 is 2.70 bits per heavy atom. The number of carbonyl (C=O) groups is 1. The summed E-state index contributed by atoms with van der Waals surface area (Å²) in [4.78, 5) is 24.5. The lowest BCUT2D eigenvalue weighted by Crippen LogP contribution is -2.41. The SMILES string of the molecule is CCc1nc(C)c(C(=O)N2CCC[C@H](n3nc(C)nc3C)C2)s1. The van der Waals surface area contributed by atoms with Crippen LogP contribution in [0.1, 0.15) is 57.8 Å². The number of hydrogen-bond donors (Lipinski definition) is 0. The highest BCUT2D eigenvalue weighted by atomic mass is 32.1. The molecule has 0 saturated carbocycles. The Kier molecular flexibility index (Phi) is 4.48. The highest BCUT2D eigenvalue weighted by Crippen LogP contribution is 2.26. The molecular weight excluding hydrogens is 310 g/mol. The number of hydrogen-bond acceptors (Lipinski definition) is 5. The molecule has 0 radical (unpaired) electrons. The van der Waals surface area contributed by atoms with E-state index in [-0.39, 0.29) is 11.9 Å². The highest BCUT2D eigenvalue weighted by molar-refractivity contribution is 7.13. The van der Waals surface area contributed by atoms with Crippen LogP contribution in [-0.4, -0.2) is 43.6 Å². The third-order valence-corrected chi connectivity index (χ3v) is 5.56. The van der Waals surface area contributed by atoms with Crippen molar-refractivity contribution in [2.24, 2.45) is 0 Å². The molecule has 1 amide bonds. The van der Waals surface area contributed by atoms with Gasteiger partial charge in [0.05, 0.1) is 16.7 Å². The van der Waals surface area contributed by atoms with Crippen molar-refractivity contribution in [3.8, 4) is 0 Å². The predicted molar refractivity (Wildman–Crippen MR) is 89.9 cm³/mol. The second kappa shape index (κ2) is 6.39. The van der Waals surface area contributed by atoms with Gasteiger partial charge in [-0.25, -0.2) is 14.6 Å². The van der Waals surface area contributed by atoms with Crippen molar-refractivity contribution in [3.05, 3.63) is 27.2 Å². The summed E-state index contributed by atoms with van der Waals surface area (Å²) in [6, 6.07) is 0.216. The van der Waals surface area contributed by atoms with Gasteiger partial charge in [0.25, 0.3) is 5.91 Å². The zero-order valence-corrected chi connectivity index (χ0v) is 15.0. The van der Waals surface area contributed by atoms with E-state index in [9.17, 15) is 4.79 Å². The first kappa shape index (κ1) is 16.1. The van der Waals surface area contributed by atoms with E-state index in [2.05, 4.69) is 22.0 Å². The molecule has 0 aromatic carbocycles. The zero-order chi connectivity index (χ0) is 16.6. The number of aromatic nitrogens is 4. The molecule has 1 atom stereocenters. The van der Waals surface area contributed by atoms with E-state index in [1.54, 1.807) is 0 Å². The maximum Gasteiger partial charge on any atom is 0.265 e. The van der Waals surface area contributed by atoms with Gasteiger partial charge >= 0.3 is 0 Å². The summed E-state index contributed by atoms with van der Waals surface area (Å²) >= 11 is 1.53. The summed E-state index contributed by atoms with van der Waals surface area (Å²) in [5, 5.41) is 5.52. The molecule has 2 aromatic rings. The summed E-state index contributed by atoms with van der Waals surface area (Å²) in [6.07, 6.45) is 2.90. The van der Waals surface area contributed by atoms with Crippen LogP contribution in [0, 0.1) is 20.8 Å². The molecule has 0 aliphatic carbocycles. The standard InChI is InChI=1S/C16H23N5OS/c1-5-14-17-10(2)15(23-14)16(22)20-8-6-7-13(9-20)21-12(4)18-11(3)19-21/h13H,5-9H2,1-4H3/t13-/m0/s1. The number of likely N-dealkylation sites (tertiary alicyclic amines) is 1. The zero-order valence-electron chi connectivity index (χ0n) is 14.2. The van der Waals surface area contributed by atoms with E-state index in [1.807, 2.05) is 30.4 Å². The summed E-state index contributed by atoms with van der Waals surface area (Å²) in [5.41, 5.74) is 0.853. The van der Waals surface area contributed by atoms with E-state index in [4.69, 9.17) is 0 Å². The highest BCUT2D eigenvalue weighted by Gasteiger charge is 2.29. The molecule has 0 N–H and O–H groups in total. The Bertz CT molecular complexity index is 720. The molecule has 1 aliphatic rings. The summed E-state index contributed by atoms with van der Waals surface area (Å²) < 4.78 is 1.98. The third-order valence-electron chi connectivity index (χ3n) is 4.27. The predicted octanol–water partition coefficient (Wildman–Crippen LogP) is 2.70. The largest absolute Gasteiger partial charge is 0.336 e. The van der Waals surface area contributed by atoms with Crippen molar-refractivity contribution in [1.29, 1.82) is 0 Å². The normalized spacial score (nSPS) is 18.4. The minimum atomic E-state index is 0.110. The molecule has 0 unspecified atom stereocenters. The molecule has 7 heteroatoms. The van der Waals surface area contributed by atoms with Gasteiger partial charge in [0.15, 0.2) is 0 Å². The molecule has 0 bridgehead atoms. The maximum absolute atomic E-state index is 12.9. The minimum absolute atomic E-state index is 0.110. The lowest BCUT2D eigenvalue weighted by Gasteiger charge is -2.32. The molecule has 3 heterocycles. The summed E-state index contributed by atoms with van der Waals surface area (Å²) in [7, 11) is 0. The van der Waals surface area contributed by atoms with Crippen LogP contribution in [0.3, 0.4) is 0 Å². The van der Waals surface area contributed by atoms with Gasteiger partial charge in [-0.2, -0.15) is 5.10 Å². The lowest BCUT2D eigenvalue weighted by atomic mass is 10.1. The van der Waals surface area contributed by atoms with Crippen molar-refractivity contribution in [1.82, 2.24) is 24.6 Å². The number of amides is 1. The van der Waals surface area contributed by atoms with Crippen LogP contribution in [0.25, 0.3) is 0 Å². The Labute approximate surface area is 140 Å². The molecule has 6 nitrogen and oxygen atoms in total. The van der Waals surface area contributed by atoms with Crippen LogP contribution in [0.15, 0.2) is 0 Å². The van der Waals surface area contributed by atoms with Crippen molar-refractivity contribution >= 4 is 17.2 Å². The van der Waals surface area contributed by atoms with Gasteiger partial charge in [-0.15, -0.1) is 11.3 Å². The average molecular weight is 333 g/mol. The fourth-order valence-electron chi connectivity index (χ4n) is 3.17. The van der Waals surface area contributed by atoms with Crippen molar-refractivity contribution < 1.29 is 4.79 Å². The van der Waals surface area contributed by atoms with Gasteiger partial charge in [-0.05, 0) is 40.0 Å². The van der Waals surface area contributed by atoms with Gasteiger partial charge in [0.2, 0.25) is 0 Å².